The van der Waals surface area contributed by atoms with E-state index in [0.29, 0.717) is 6.73 Å². The van der Waals surface area contributed by atoms with Gasteiger partial charge < -0.3 is 9.30 Å². The predicted molar refractivity (Wildman–Crippen MR) is 90.7 cm³/mol. The van der Waals surface area contributed by atoms with Gasteiger partial charge in [0.05, 0.1) is 17.3 Å². The van der Waals surface area contributed by atoms with Crippen molar-refractivity contribution in [2.24, 2.45) is 0 Å². The lowest BCUT2D eigenvalue weighted by molar-refractivity contribution is 0.183. The monoisotopic (exact) mass is 393 g/mol. The van der Waals surface area contributed by atoms with Gasteiger partial charge in [0.2, 0.25) is 0 Å². The number of aromatic nitrogens is 1. The molecule has 2 nitrogen and oxygen atoms in total. The molecule has 0 atom stereocenters. The SMILES string of the molecule is CC=COCn1c2ccc(Br)cc2c2cc(Br)ccc21. The largest absolute Gasteiger partial charge is 0.481 e. The highest BCUT2D eigenvalue weighted by Crippen LogP contribution is 2.32. The van der Waals surface area contributed by atoms with Crippen molar-refractivity contribution in [1.29, 1.82) is 0 Å². The van der Waals surface area contributed by atoms with Crippen LogP contribution < -0.4 is 0 Å². The van der Waals surface area contributed by atoms with Crippen molar-refractivity contribution in [2.75, 3.05) is 0 Å². The summed E-state index contributed by atoms with van der Waals surface area (Å²) in [5, 5.41) is 2.44. The van der Waals surface area contributed by atoms with E-state index in [1.54, 1.807) is 6.26 Å². The number of ether oxygens (including phenoxy) is 1. The number of benzene rings is 2. The van der Waals surface area contributed by atoms with Crippen LogP contribution in [-0.2, 0) is 11.5 Å². The van der Waals surface area contributed by atoms with Crippen molar-refractivity contribution in [1.82, 2.24) is 4.57 Å². The molecule has 0 amide bonds. The molecule has 102 valence electrons. The van der Waals surface area contributed by atoms with Crippen LogP contribution >= 0.6 is 31.9 Å². The fraction of sp³-hybridized carbons (Fsp3) is 0.125. The smallest absolute Gasteiger partial charge is 0.164 e. The van der Waals surface area contributed by atoms with Gasteiger partial charge in [-0.15, -0.1) is 0 Å². The average Bonchev–Trinajstić information content (AvgIpc) is 2.72. The minimum Gasteiger partial charge on any atom is -0.481 e. The van der Waals surface area contributed by atoms with E-state index in [4.69, 9.17) is 4.74 Å². The lowest BCUT2D eigenvalue weighted by atomic mass is 10.2. The normalized spacial score (nSPS) is 11.8. The molecule has 3 aromatic rings. The molecule has 0 aliphatic carbocycles. The van der Waals surface area contributed by atoms with E-state index in [1.807, 2.05) is 13.0 Å². The Morgan fingerprint density at radius 1 is 1.00 bits per heavy atom. The number of hydrogen-bond acceptors (Lipinski definition) is 1. The molecule has 0 aliphatic rings. The zero-order chi connectivity index (χ0) is 14.1. The van der Waals surface area contributed by atoms with Crippen LogP contribution in [0.15, 0.2) is 57.7 Å². The van der Waals surface area contributed by atoms with Crippen LogP contribution in [0, 0.1) is 0 Å². The van der Waals surface area contributed by atoms with Crippen molar-refractivity contribution in [3.63, 3.8) is 0 Å². The molecule has 0 saturated heterocycles. The van der Waals surface area contributed by atoms with Crippen molar-refractivity contribution in [3.8, 4) is 0 Å². The first-order valence-corrected chi connectivity index (χ1v) is 7.89. The summed E-state index contributed by atoms with van der Waals surface area (Å²) in [6.07, 6.45) is 3.61. The number of allylic oxidation sites excluding steroid dienone is 1. The first-order chi connectivity index (χ1) is 9.70. The Morgan fingerprint density at radius 2 is 1.55 bits per heavy atom. The fourth-order valence-corrected chi connectivity index (χ4v) is 3.12. The van der Waals surface area contributed by atoms with Crippen LogP contribution in [0.3, 0.4) is 0 Å². The molecule has 0 bridgehead atoms. The zero-order valence-corrected chi connectivity index (χ0v) is 14.1. The quantitative estimate of drug-likeness (QED) is 0.510. The van der Waals surface area contributed by atoms with E-state index in [-0.39, 0.29) is 0 Å². The summed E-state index contributed by atoms with van der Waals surface area (Å²) in [4.78, 5) is 0. The number of fused-ring (bicyclic) bond motifs is 3. The van der Waals surface area contributed by atoms with Gasteiger partial charge in [-0.2, -0.15) is 0 Å². The van der Waals surface area contributed by atoms with Gasteiger partial charge in [0.15, 0.2) is 6.73 Å². The molecule has 20 heavy (non-hydrogen) atoms. The Kier molecular flexibility index (Phi) is 3.85. The maximum absolute atomic E-state index is 5.56. The molecule has 0 radical (unpaired) electrons. The van der Waals surface area contributed by atoms with Crippen LogP contribution in [0.5, 0.6) is 0 Å². The first-order valence-electron chi connectivity index (χ1n) is 6.30. The second-order valence-electron chi connectivity index (χ2n) is 4.52. The first kappa shape index (κ1) is 13.7. The van der Waals surface area contributed by atoms with Crippen LogP contribution in [0.2, 0.25) is 0 Å². The van der Waals surface area contributed by atoms with Crippen molar-refractivity contribution >= 4 is 53.7 Å². The summed E-state index contributed by atoms with van der Waals surface area (Å²) in [7, 11) is 0. The molecular formula is C16H13Br2NO. The van der Waals surface area contributed by atoms with E-state index < -0.39 is 0 Å². The molecule has 4 heteroatoms. The second kappa shape index (κ2) is 5.62. The van der Waals surface area contributed by atoms with E-state index in [0.717, 1.165) is 8.95 Å². The number of nitrogens with zero attached hydrogens (tertiary/aromatic N) is 1. The Hall–Kier alpha value is -1.26. The Labute approximate surface area is 134 Å². The van der Waals surface area contributed by atoms with Crippen LogP contribution in [0.4, 0.5) is 0 Å². The van der Waals surface area contributed by atoms with Crippen molar-refractivity contribution < 1.29 is 4.74 Å². The van der Waals surface area contributed by atoms with Crippen LogP contribution in [0.1, 0.15) is 6.92 Å². The third-order valence-corrected chi connectivity index (χ3v) is 4.21. The molecule has 0 fully saturated rings. The number of hydrogen-bond donors (Lipinski definition) is 0. The van der Waals surface area contributed by atoms with Crippen molar-refractivity contribution in [3.05, 3.63) is 57.7 Å². The van der Waals surface area contributed by atoms with Crippen molar-refractivity contribution in [2.45, 2.75) is 13.7 Å². The lowest BCUT2D eigenvalue weighted by Crippen LogP contribution is -1.98. The van der Waals surface area contributed by atoms with Gasteiger partial charge >= 0.3 is 0 Å². The topological polar surface area (TPSA) is 14.2 Å². The highest BCUT2D eigenvalue weighted by atomic mass is 79.9. The average molecular weight is 395 g/mol. The standard InChI is InChI=1S/C16H13Br2NO/c1-2-7-20-10-19-15-5-3-11(17)8-13(15)14-9-12(18)4-6-16(14)19/h2-9H,10H2,1H3. The molecule has 0 aliphatic heterocycles. The lowest BCUT2D eigenvalue weighted by Gasteiger charge is -2.06. The maximum Gasteiger partial charge on any atom is 0.164 e. The molecule has 2 aromatic carbocycles. The Bertz CT molecular complexity index is 746. The van der Waals surface area contributed by atoms with E-state index in [1.165, 1.54) is 21.8 Å². The molecule has 1 aromatic heterocycles. The highest BCUT2D eigenvalue weighted by molar-refractivity contribution is 9.10. The molecule has 0 N–H and O–H groups in total. The van der Waals surface area contributed by atoms with Crippen LogP contribution in [-0.4, -0.2) is 4.57 Å². The predicted octanol–water partition coefficient (Wildman–Crippen LogP) is 5.83. The maximum atomic E-state index is 5.56. The second-order valence-corrected chi connectivity index (χ2v) is 6.35. The van der Waals surface area contributed by atoms with Gasteiger partial charge in [-0.3, -0.25) is 0 Å². The summed E-state index contributed by atoms with van der Waals surface area (Å²) < 4.78 is 9.91. The summed E-state index contributed by atoms with van der Waals surface area (Å²) in [5.74, 6) is 0. The summed E-state index contributed by atoms with van der Waals surface area (Å²) >= 11 is 7.09. The van der Waals surface area contributed by atoms with Gasteiger partial charge in [0.1, 0.15) is 0 Å². The minimum absolute atomic E-state index is 0.508. The fourth-order valence-electron chi connectivity index (χ4n) is 2.40. The Morgan fingerprint density at radius 3 is 2.05 bits per heavy atom. The van der Waals surface area contributed by atoms with Gasteiger partial charge in [0, 0.05) is 19.7 Å². The zero-order valence-electron chi connectivity index (χ0n) is 10.9. The van der Waals surface area contributed by atoms with E-state index in [9.17, 15) is 0 Å². The molecule has 0 spiro atoms. The van der Waals surface area contributed by atoms with Gasteiger partial charge in [-0.1, -0.05) is 37.9 Å². The number of rotatable bonds is 3. The summed E-state index contributed by atoms with van der Waals surface area (Å²) in [6, 6.07) is 12.6. The summed E-state index contributed by atoms with van der Waals surface area (Å²) in [6.45, 7) is 2.45. The molecule has 0 unspecified atom stereocenters. The van der Waals surface area contributed by atoms with E-state index >= 15 is 0 Å². The van der Waals surface area contributed by atoms with Crippen LogP contribution in [0.25, 0.3) is 21.8 Å². The van der Waals surface area contributed by atoms with Gasteiger partial charge in [0.25, 0.3) is 0 Å². The molecule has 0 saturated carbocycles. The van der Waals surface area contributed by atoms with Gasteiger partial charge in [-0.25, -0.2) is 0 Å². The molecule has 3 rings (SSSR count). The highest BCUT2D eigenvalue weighted by Gasteiger charge is 2.11. The minimum atomic E-state index is 0.508. The van der Waals surface area contributed by atoms with E-state index in [2.05, 4.69) is 72.8 Å². The third-order valence-electron chi connectivity index (χ3n) is 3.22. The third kappa shape index (κ3) is 2.38. The number of halogens is 2. The van der Waals surface area contributed by atoms with Gasteiger partial charge in [-0.05, 0) is 43.3 Å². The summed E-state index contributed by atoms with van der Waals surface area (Å²) in [5.41, 5.74) is 2.34. The molecular weight excluding hydrogens is 382 g/mol. The Balaban J connectivity index is 2.29. The molecule has 1 heterocycles.